The van der Waals surface area contributed by atoms with Gasteiger partial charge in [-0.15, -0.1) is 0 Å². The van der Waals surface area contributed by atoms with Crippen LogP contribution >= 0.6 is 0 Å². The number of hydrogen-bond acceptors (Lipinski definition) is 4. The summed E-state index contributed by atoms with van der Waals surface area (Å²) in [7, 11) is 0. The van der Waals surface area contributed by atoms with Crippen molar-refractivity contribution in [2.45, 2.75) is 39.2 Å². The molecular weight excluding hydrogens is 382 g/mol. The van der Waals surface area contributed by atoms with Crippen molar-refractivity contribution in [2.24, 2.45) is 0 Å². The Hall–Kier alpha value is -3.03. The zero-order valence-electron chi connectivity index (χ0n) is 16.3. The smallest absolute Gasteiger partial charge is 0.308 e. The van der Waals surface area contributed by atoms with Crippen LogP contribution in [0.5, 0.6) is 0 Å². The minimum absolute atomic E-state index is 0.0983. The standard InChI is InChI=1S/C21H22F2N2O4/c1-12-9-17(13(2)25(12)15-4-5-15)19(26)11-29-20(27)7-8-24-21(28)16-6-3-14(22)10-18(16)23/h3,6,9-10,15H,4-5,7-8,11H2,1-2H3,(H,24,28). The van der Waals surface area contributed by atoms with Gasteiger partial charge in [0.25, 0.3) is 5.91 Å². The van der Waals surface area contributed by atoms with Crippen LogP contribution in [-0.4, -0.2) is 35.4 Å². The molecule has 0 radical (unpaired) electrons. The number of ether oxygens (including phenoxy) is 1. The van der Waals surface area contributed by atoms with E-state index in [-0.39, 0.29) is 30.9 Å². The lowest BCUT2D eigenvalue weighted by Crippen LogP contribution is -2.27. The maximum atomic E-state index is 13.5. The number of nitrogens with zero attached hydrogens (tertiary/aromatic N) is 1. The van der Waals surface area contributed by atoms with Gasteiger partial charge in [0, 0.05) is 35.6 Å². The van der Waals surface area contributed by atoms with Gasteiger partial charge >= 0.3 is 5.97 Å². The lowest BCUT2D eigenvalue weighted by Gasteiger charge is -2.08. The van der Waals surface area contributed by atoms with Crippen molar-refractivity contribution in [1.29, 1.82) is 0 Å². The predicted molar refractivity (Wildman–Crippen MR) is 101 cm³/mol. The van der Waals surface area contributed by atoms with E-state index in [1.807, 2.05) is 13.8 Å². The molecule has 3 rings (SSSR count). The number of esters is 1. The van der Waals surface area contributed by atoms with E-state index in [2.05, 4.69) is 9.88 Å². The second-order valence-corrected chi connectivity index (χ2v) is 7.10. The zero-order chi connectivity index (χ0) is 21.1. The highest BCUT2D eigenvalue weighted by molar-refractivity contribution is 5.99. The summed E-state index contributed by atoms with van der Waals surface area (Å²) in [6.07, 6.45) is 2.03. The molecule has 1 saturated carbocycles. The minimum atomic E-state index is -0.987. The molecule has 0 aliphatic heterocycles. The van der Waals surface area contributed by atoms with E-state index >= 15 is 0 Å². The van der Waals surface area contributed by atoms with Gasteiger partial charge in [-0.3, -0.25) is 14.4 Å². The summed E-state index contributed by atoms with van der Waals surface area (Å²) in [5.41, 5.74) is 2.11. The highest BCUT2D eigenvalue weighted by atomic mass is 19.1. The van der Waals surface area contributed by atoms with E-state index < -0.39 is 23.5 Å². The average molecular weight is 404 g/mol. The number of rotatable bonds is 8. The number of hydrogen-bond donors (Lipinski definition) is 1. The van der Waals surface area contributed by atoms with Gasteiger partial charge in [-0.2, -0.15) is 0 Å². The number of amides is 1. The fraction of sp³-hybridized carbons (Fsp3) is 0.381. The number of aromatic nitrogens is 1. The van der Waals surface area contributed by atoms with Crippen LogP contribution < -0.4 is 5.32 Å². The number of carbonyl (C=O) groups is 3. The van der Waals surface area contributed by atoms with Gasteiger partial charge < -0.3 is 14.6 Å². The largest absolute Gasteiger partial charge is 0.457 e. The summed E-state index contributed by atoms with van der Waals surface area (Å²) >= 11 is 0. The van der Waals surface area contributed by atoms with Gasteiger partial charge in [-0.05, 0) is 44.9 Å². The highest BCUT2D eigenvalue weighted by Crippen LogP contribution is 2.38. The van der Waals surface area contributed by atoms with Crippen molar-refractivity contribution in [3.8, 4) is 0 Å². The molecule has 2 aromatic rings. The Labute approximate surface area is 166 Å². The van der Waals surface area contributed by atoms with Crippen molar-refractivity contribution >= 4 is 17.7 Å². The molecule has 8 heteroatoms. The molecule has 154 valence electrons. The Morgan fingerprint density at radius 2 is 1.86 bits per heavy atom. The number of nitrogens with one attached hydrogen (secondary N) is 1. The lowest BCUT2D eigenvalue weighted by molar-refractivity contribution is -0.142. The van der Waals surface area contributed by atoms with Gasteiger partial charge in [0.2, 0.25) is 5.78 Å². The third-order valence-corrected chi connectivity index (χ3v) is 4.85. The molecule has 1 heterocycles. The van der Waals surface area contributed by atoms with Gasteiger partial charge in [-0.1, -0.05) is 0 Å². The molecule has 1 aromatic heterocycles. The number of Topliss-reactive ketones (excluding diaryl/α,β-unsaturated/α-hetero) is 1. The van der Waals surface area contributed by atoms with Crippen molar-refractivity contribution in [1.82, 2.24) is 9.88 Å². The van der Waals surface area contributed by atoms with Crippen LogP contribution in [0.25, 0.3) is 0 Å². The first-order valence-corrected chi connectivity index (χ1v) is 9.38. The molecular formula is C21H22F2N2O4. The molecule has 6 nitrogen and oxygen atoms in total. The molecule has 1 fully saturated rings. The Kier molecular flexibility index (Phi) is 6.10. The Balaban J connectivity index is 1.45. The van der Waals surface area contributed by atoms with Crippen LogP contribution in [0, 0.1) is 25.5 Å². The Morgan fingerprint density at radius 3 is 2.52 bits per heavy atom. The molecule has 1 aliphatic rings. The van der Waals surface area contributed by atoms with E-state index in [0.717, 1.165) is 36.4 Å². The first-order chi connectivity index (χ1) is 13.8. The van der Waals surface area contributed by atoms with E-state index in [0.29, 0.717) is 17.7 Å². The number of benzene rings is 1. The van der Waals surface area contributed by atoms with Gasteiger partial charge in [0.1, 0.15) is 11.6 Å². The SMILES string of the molecule is Cc1cc(C(=O)COC(=O)CCNC(=O)c2ccc(F)cc2F)c(C)n1C1CC1. The fourth-order valence-electron chi connectivity index (χ4n) is 3.30. The summed E-state index contributed by atoms with van der Waals surface area (Å²) in [5.74, 6) is -3.48. The van der Waals surface area contributed by atoms with Gasteiger partial charge in [0.05, 0.1) is 12.0 Å². The number of halogens is 2. The molecule has 1 N–H and O–H groups in total. The van der Waals surface area contributed by atoms with Crippen LogP contribution in [0.15, 0.2) is 24.3 Å². The molecule has 0 unspecified atom stereocenters. The van der Waals surface area contributed by atoms with E-state index in [1.165, 1.54) is 0 Å². The third kappa shape index (κ3) is 4.88. The predicted octanol–water partition coefficient (Wildman–Crippen LogP) is 3.26. The summed E-state index contributed by atoms with van der Waals surface area (Å²) in [6.45, 7) is 3.35. The number of aryl methyl sites for hydroxylation is 1. The van der Waals surface area contributed by atoms with E-state index in [9.17, 15) is 23.2 Å². The average Bonchev–Trinajstić information content (AvgIpc) is 3.44. The van der Waals surface area contributed by atoms with Crippen molar-refractivity contribution in [3.63, 3.8) is 0 Å². The summed E-state index contributed by atoms with van der Waals surface area (Å²) in [4.78, 5) is 36.1. The molecule has 0 bridgehead atoms. The fourth-order valence-corrected chi connectivity index (χ4v) is 3.30. The normalized spacial score (nSPS) is 13.2. The third-order valence-electron chi connectivity index (χ3n) is 4.85. The molecule has 0 saturated heterocycles. The maximum Gasteiger partial charge on any atom is 0.308 e. The van der Waals surface area contributed by atoms with Gasteiger partial charge in [-0.25, -0.2) is 8.78 Å². The van der Waals surface area contributed by atoms with Crippen molar-refractivity contribution < 1.29 is 27.9 Å². The summed E-state index contributed by atoms with van der Waals surface area (Å²) < 4.78 is 33.5. The van der Waals surface area contributed by atoms with Crippen LogP contribution in [0.1, 0.15) is 57.4 Å². The number of carbonyl (C=O) groups excluding carboxylic acids is 3. The van der Waals surface area contributed by atoms with Crippen LogP contribution in [-0.2, 0) is 9.53 Å². The molecule has 1 aliphatic carbocycles. The summed E-state index contributed by atoms with van der Waals surface area (Å²) in [6, 6.07) is 4.86. The molecule has 1 aromatic carbocycles. The van der Waals surface area contributed by atoms with Gasteiger partial charge in [0.15, 0.2) is 6.61 Å². The first-order valence-electron chi connectivity index (χ1n) is 9.38. The molecule has 0 atom stereocenters. The monoisotopic (exact) mass is 404 g/mol. The van der Waals surface area contributed by atoms with E-state index in [4.69, 9.17) is 4.74 Å². The second kappa shape index (κ2) is 8.55. The van der Waals surface area contributed by atoms with Crippen LogP contribution in [0.3, 0.4) is 0 Å². The minimum Gasteiger partial charge on any atom is -0.457 e. The quantitative estimate of drug-likeness (QED) is 0.541. The second-order valence-electron chi connectivity index (χ2n) is 7.10. The lowest BCUT2D eigenvalue weighted by atomic mass is 10.1. The van der Waals surface area contributed by atoms with Crippen molar-refractivity contribution in [3.05, 3.63) is 58.4 Å². The Bertz CT molecular complexity index is 964. The van der Waals surface area contributed by atoms with E-state index in [1.54, 1.807) is 6.07 Å². The summed E-state index contributed by atoms with van der Waals surface area (Å²) in [5, 5.41) is 2.36. The topological polar surface area (TPSA) is 77.4 Å². The van der Waals surface area contributed by atoms with Crippen LogP contribution in [0.4, 0.5) is 8.78 Å². The maximum absolute atomic E-state index is 13.5. The number of ketones is 1. The molecule has 29 heavy (non-hydrogen) atoms. The molecule has 0 spiro atoms. The highest BCUT2D eigenvalue weighted by Gasteiger charge is 2.28. The molecule has 1 amide bonds. The van der Waals surface area contributed by atoms with Crippen molar-refractivity contribution in [2.75, 3.05) is 13.2 Å². The Morgan fingerprint density at radius 1 is 1.14 bits per heavy atom. The zero-order valence-corrected chi connectivity index (χ0v) is 16.3. The first kappa shape index (κ1) is 20.7. The van der Waals surface area contributed by atoms with Crippen LogP contribution in [0.2, 0.25) is 0 Å².